The lowest BCUT2D eigenvalue weighted by molar-refractivity contribution is -0.138. The molecule has 6 nitrogen and oxygen atoms in total. The number of benzene rings is 1. The topological polar surface area (TPSA) is 78.9 Å². The van der Waals surface area contributed by atoms with Gasteiger partial charge in [-0.05, 0) is 32.0 Å². The van der Waals surface area contributed by atoms with Crippen molar-refractivity contribution in [3.05, 3.63) is 24.3 Å². The van der Waals surface area contributed by atoms with Crippen LogP contribution in [0.5, 0.6) is 5.75 Å². The highest BCUT2D eigenvalue weighted by Gasteiger charge is 2.14. The molecule has 1 rings (SSSR count). The summed E-state index contributed by atoms with van der Waals surface area (Å²) < 4.78 is 5.43. The smallest absolute Gasteiger partial charge is 0.317 e. The van der Waals surface area contributed by atoms with Gasteiger partial charge in [0.2, 0.25) is 5.91 Å². The number of nitrogens with one attached hydrogen (secondary N) is 1. The predicted molar refractivity (Wildman–Crippen MR) is 80.6 cm³/mol. The molecule has 0 radical (unpaired) electrons. The van der Waals surface area contributed by atoms with Gasteiger partial charge in [-0.2, -0.15) is 0 Å². The first-order valence-corrected chi connectivity index (χ1v) is 7.02. The lowest BCUT2D eigenvalue weighted by atomic mass is 10.3. The fourth-order valence-electron chi connectivity index (χ4n) is 1.97. The van der Waals surface area contributed by atoms with E-state index in [2.05, 4.69) is 5.32 Å². The third-order valence-electron chi connectivity index (χ3n) is 2.73. The second-order valence-corrected chi connectivity index (χ2v) is 4.58. The number of aliphatic carboxylic acids is 1. The van der Waals surface area contributed by atoms with E-state index in [4.69, 9.17) is 9.84 Å². The molecule has 0 aromatic heterocycles. The lowest BCUT2D eigenvalue weighted by Crippen LogP contribution is -2.37. The van der Waals surface area contributed by atoms with E-state index in [1.807, 2.05) is 19.9 Å². The number of amides is 1. The summed E-state index contributed by atoms with van der Waals surface area (Å²) in [5.74, 6) is -0.587. The van der Waals surface area contributed by atoms with Crippen molar-refractivity contribution in [1.29, 1.82) is 0 Å². The molecule has 0 spiro atoms. The standard InChI is InChI=1S/C15H22N2O4/c1-3-9-17(11-15(19)20)10-14(18)16-12-7-5-6-8-13(12)21-4-2/h5-8H,3-4,9-11H2,1-2H3,(H,16,18)(H,19,20). The Labute approximate surface area is 124 Å². The Hall–Kier alpha value is -2.08. The molecule has 116 valence electrons. The van der Waals surface area contributed by atoms with E-state index in [1.54, 1.807) is 23.1 Å². The first-order valence-electron chi connectivity index (χ1n) is 7.02. The van der Waals surface area contributed by atoms with Crippen LogP contribution in [0.2, 0.25) is 0 Å². The zero-order valence-electron chi connectivity index (χ0n) is 12.5. The molecule has 0 heterocycles. The molecule has 0 atom stereocenters. The highest BCUT2D eigenvalue weighted by atomic mass is 16.5. The largest absolute Gasteiger partial charge is 0.492 e. The van der Waals surface area contributed by atoms with Gasteiger partial charge in [0.25, 0.3) is 0 Å². The quantitative estimate of drug-likeness (QED) is 0.726. The van der Waals surface area contributed by atoms with Crippen molar-refractivity contribution in [2.45, 2.75) is 20.3 Å². The predicted octanol–water partition coefficient (Wildman–Crippen LogP) is 1.82. The van der Waals surface area contributed by atoms with Gasteiger partial charge in [0.15, 0.2) is 0 Å². The molecule has 0 unspecified atom stereocenters. The Bertz CT molecular complexity index is 476. The van der Waals surface area contributed by atoms with Crippen molar-refractivity contribution < 1.29 is 19.4 Å². The summed E-state index contributed by atoms with van der Waals surface area (Å²) in [5, 5.41) is 11.6. The van der Waals surface area contributed by atoms with E-state index < -0.39 is 5.97 Å². The third-order valence-corrected chi connectivity index (χ3v) is 2.73. The summed E-state index contributed by atoms with van der Waals surface area (Å²) in [6.45, 7) is 4.78. The highest BCUT2D eigenvalue weighted by Crippen LogP contribution is 2.23. The Morgan fingerprint density at radius 3 is 2.57 bits per heavy atom. The van der Waals surface area contributed by atoms with Crippen LogP contribution in [0, 0.1) is 0 Å². The Morgan fingerprint density at radius 1 is 1.24 bits per heavy atom. The van der Waals surface area contributed by atoms with Crippen LogP contribution in [0.3, 0.4) is 0 Å². The molecule has 0 fully saturated rings. The highest BCUT2D eigenvalue weighted by molar-refractivity contribution is 5.93. The third kappa shape index (κ3) is 6.27. The summed E-state index contributed by atoms with van der Waals surface area (Å²) in [4.78, 5) is 24.4. The van der Waals surface area contributed by atoms with Gasteiger partial charge in [0.05, 0.1) is 25.4 Å². The van der Waals surface area contributed by atoms with Gasteiger partial charge in [-0.3, -0.25) is 14.5 Å². The van der Waals surface area contributed by atoms with Crippen molar-refractivity contribution in [3.8, 4) is 5.75 Å². The van der Waals surface area contributed by atoms with Crippen LogP contribution in [0.25, 0.3) is 0 Å². The van der Waals surface area contributed by atoms with E-state index in [0.717, 1.165) is 6.42 Å². The zero-order chi connectivity index (χ0) is 15.7. The van der Waals surface area contributed by atoms with Crippen LogP contribution in [0.4, 0.5) is 5.69 Å². The molecule has 2 N–H and O–H groups in total. The lowest BCUT2D eigenvalue weighted by Gasteiger charge is -2.19. The Balaban J connectivity index is 2.65. The van der Waals surface area contributed by atoms with Crippen molar-refractivity contribution in [3.63, 3.8) is 0 Å². The minimum absolute atomic E-state index is 0.0423. The number of anilines is 1. The molecule has 21 heavy (non-hydrogen) atoms. The molecule has 0 saturated carbocycles. The number of carbonyl (C=O) groups is 2. The van der Waals surface area contributed by atoms with E-state index in [1.165, 1.54) is 0 Å². The molecule has 6 heteroatoms. The molecule has 1 amide bonds. The van der Waals surface area contributed by atoms with Gasteiger partial charge in [-0.15, -0.1) is 0 Å². The zero-order valence-corrected chi connectivity index (χ0v) is 12.5. The van der Waals surface area contributed by atoms with Crippen molar-refractivity contribution in [1.82, 2.24) is 4.90 Å². The molecule has 0 bridgehead atoms. The average molecular weight is 294 g/mol. The van der Waals surface area contributed by atoms with E-state index in [9.17, 15) is 9.59 Å². The number of nitrogens with zero attached hydrogens (tertiary/aromatic N) is 1. The van der Waals surface area contributed by atoms with Gasteiger partial charge in [-0.1, -0.05) is 19.1 Å². The average Bonchev–Trinajstić information content (AvgIpc) is 2.40. The number of hydrogen-bond donors (Lipinski definition) is 2. The van der Waals surface area contributed by atoms with Crippen LogP contribution in [-0.4, -0.2) is 48.1 Å². The maximum Gasteiger partial charge on any atom is 0.317 e. The maximum absolute atomic E-state index is 12.0. The molecule has 0 aliphatic heterocycles. The van der Waals surface area contributed by atoms with Crippen LogP contribution < -0.4 is 10.1 Å². The van der Waals surface area contributed by atoms with Gasteiger partial charge in [-0.25, -0.2) is 0 Å². The summed E-state index contributed by atoms with van der Waals surface area (Å²) >= 11 is 0. The van der Waals surface area contributed by atoms with Crippen LogP contribution in [0.1, 0.15) is 20.3 Å². The van der Waals surface area contributed by atoms with Crippen LogP contribution >= 0.6 is 0 Å². The second-order valence-electron chi connectivity index (χ2n) is 4.58. The summed E-state index contributed by atoms with van der Waals surface area (Å²) in [6, 6.07) is 7.16. The van der Waals surface area contributed by atoms with Crippen molar-refractivity contribution in [2.75, 3.05) is 31.6 Å². The minimum Gasteiger partial charge on any atom is -0.492 e. The minimum atomic E-state index is -0.939. The molecular formula is C15H22N2O4. The molecular weight excluding hydrogens is 272 g/mol. The fourth-order valence-corrected chi connectivity index (χ4v) is 1.97. The number of rotatable bonds is 9. The Morgan fingerprint density at radius 2 is 1.95 bits per heavy atom. The number of ether oxygens (including phenoxy) is 1. The Kier molecular flexibility index (Phi) is 7.25. The molecule has 0 aliphatic rings. The summed E-state index contributed by atoms with van der Waals surface area (Å²) in [5.41, 5.74) is 0.594. The van der Waals surface area contributed by atoms with Crippen LogP contribution in [-0.2, 0) is 9.59 Å². The number of carbonyl (C=O) groups excluding carboxylic acids is 1. The maximum atomic E-state index is 12.0. The van der Waals surface area contributed by atoms with E-state index >= 15 is 0 Å². The number of carboxylic acids is 1. The summed E-state index contributed by atoms with van der Waals surface area (Å²) in [6.07, 6.45) is 0.788. The van der Waals surface area contributed by atoms with Gasteiger partial charge in [0.1, 0.15) is 5.75 Å². The number of carboxylic acid groups (broad SMARTS) is 1. The van der Waals surface area contributed by atoms with Crippen molar-refractivity contribution >= 4 is 17.6 Å². The van der Waals surface area contributed by atoms with E-state index in [-0.39, 0.29) is 19.0 Å². The second kappa shape index (κ2) is 8.97. The SMILES string of the molecule is CCCN(CC(=O)O)CC(=O)Nc1ccccc1OCC. The molecule has 1 aromatic rings. The molecule has 1 aromatic carbocycles. The molecule has 0 aliphatic carbocycles. The first-order chi connectivity index (χ1) is 10.1. The number of hydrogen-bond acceptors (Lipinski definition) is 4. The van der Waals surface area contributed by atoms with Crippen LogP contribution in [0.15, 0.2) is 24.3 Å². The van der Waals surface area contributed by atoms with Gasteiger partial charge in [0, 0.05) is 0 Å². The fraction of sp³-hybridized carbons (Fsp3) is 0.467. The summed E-state index contributed by atoms with van der Waals surface area (Å²) in [7, 11) is 0. The first kappa shape index (κ1) is 17.0. The van der Waals surface area contributed by atoms with Gasteiger partial charge < -0.3 is 15.2 Å². The van der Waals surface area contributed by atoms with Gasteiger partial charge >= 0.3 is 5.97 Å². The monoisotopic (exact) mass is 294 g/mol. The van der Waals surface area contributed by atoms with Crippen molar-refractivity contribution in [2.24, 2.45) is 0 Å². The number of para-hydroxylation sites is 2. The van der Waals surface area contributed by atoms with E-state index in [0.29, 0.717) is 24.6 Å². The normalized spacial score (nSPS) is 10.4. The molecule has 0 saturated heterocycles.